The zero-order chi connectivity index (χ0) is 22.5. The van der Waals surface area contributed by atoms with Gasteiger partial charge >= 0.3 is 6.18 Å². The Morgan fingerprint density at radius 2 is 1.91 bits per heavy atom. The Balaban J connectivity index is 0.00000512. The zero-order valence-electron chi connectivity index (χ0n) is 18.2. The van der Waals surface area contributed by atoms with Gasteiger partial charge in [-0.3, -0.25) is 9.79 Å². The molecule has 1 aliphatic heterocycles. The smallest absolute Gasteiger partial charge is 0.379 e. The van der Waals surface area contributed by atoms with Crippen LogP contribution in [0.4, 0.5) is 13.2 Å². The fraction of sp³-hybridized carbons (Fsp3) is 0.619. The number of rotatable bonds is 11. The zero-order valence-corrected chi connectivity index (χ0v) is 20.5. The third-order valence-corrected chi connectivity index (χ3v) is 4.57. The molecule has 1 saturated heterocycles. The van der Waals surface area contributed by atoms with Crippen molar-refractivity contribution < 1.29 is 27.4 Å². The van der Waals surface area contributed by atoms with Crippen molar-refractivity contribution in [2.75, 3.05) is 46.0 Å². The molecule has 1 amide bonds. The second kappa shape index (κ2) is 15.3. The second-order valence-corrected chi connectivity index (χ2v) is 7.08. The van der Waals surface area contributed by atoms with Gasteiger partial charge in [-0.2, -0.15) is 13.2 Å². The number of hydrogen-bond acceptors (Lipinski definition) is 4. The van der Waals surface area contributed by atoms with Gasteiger partial charge in [-0.05, 0) is 50.5 Å². The van der Waals surface area contributed by atoms with E-state index in [1.807, 2.05) is 6.92 Å². The number of benzene rings is 1. The maximum atomic E-state index is 12.6. The first kappa shape index (κ1) is 28.4. The van der Waals surface area contributed by atoms with E-state index in [1.165, 1.54) is 0 Å². The SMILES string of the molecule is CCNC(=NCCCOCC1CCCO1)NCCNC(=O)c1ccc(C(F)(F)F)cc1.I. The second-order valence-electron chi connectivity index (χ2n) is 7.08. The molecular formula is C21H32F3IN4O3. The Labute approximate surface area is 203 Å². The van der Waals surface area contributed by atoms with Crippen molar-refractivity contribution in [2.45, 2.75) is 38.5 Å². The maximum absolute atomic E-state index is 12.6. The van der Waals surface area contributed by atoms with Crippen LogP contribution in [0, 0.1) is 0 Å². The molecule has 0 spiro atoms. The molecule has 1 unspecified atom stereocenters. The third kappa shape index (κ3) is 10.8. The summed E-state index contributed by atoms with van der Waals surface area (Å²) in [6.45, 7) is 6.03. The van der Waals surface area contributed by atoms with Crippen LogP contribution in [0.2, 0.25) is 0 Å². The number of amides is 1. The number of nitrogens with zero attached hydrogens (tertiary/aromatic N) is 1. The fourth-order valence-corrected chi connectivity index (χ4v) is 2.96. The van der Waals surface area contributed by atoms with Gasteiger partial charge in [0, 0.05) is 45.0 Å². The van der Waals surface area contributed by atoms with Gasteiger partial charge in [-0.15, -0.1) is 24.0 Å². The highest BCUT2D eigenvalue weighted by Crippen LogP contribution is 2.29. The Morgan fingerprint density at radius 3 is 2.53 bits per heavy atom. The molecule has 1 aromatic rings. The van der Waals surface area contributed by atoms with E-state index in [2.05, 4.69) is 20.9 Å². The summed E-state index contributed by atoms with van der Waals surface area (Å²) < 4.78 is 48.9. The molecule has 0 aromatic heterocycles. The molecule has 182 valence electrons. The van der Waals surface area contributed by atoms with Gasteiger partial charge < -0.3 is 25.4 Å². The Hall–Kier alpha value is -1.60. The average Bonchev–Trinajstić information content (AvgIpc) is 3.26. The predicted molar refractivity (Wildman–Crippen MR) is 128 cm³/mol. The molecule has 3 N–H and O–H groups in total. The van der Waals surface area contributed by atoms with Crippen molar-refractivity contribution in [3.63, 3.8) is 0 Å². The molecule has 0 radical (unpaired) electrons. The molecule has 2 rings (SSSR count). The molecule has 0 saturated carbocycles. The first-order valence-corrected chi connectivity index (χ1v) is 10.6. The molecule has 0 aliphatic carbocycles. The van der Waals surface area contributed by atoms with Crippen LogP contribution in [0.5, 0.6) is 0 Å². The Kier molecular flexibility index (Phi) is 13.6. The molecule has 1 atom stereocenters. The lowest BCUT2D eigenvalue weighted by Gasteiger charge is -2.12. The van der Waals surface area contributed by atoms with Crippen molar-refractivity contribution in [2.24, 2.45) is 4.99 Å². The summed E-state index contributed by atoms with van der Waals surface area (Å²) in [6, 6.07) is 4.12. The summed E-state index contributed by atoms with van der Waals surface area (Å²) in [5.41, 5.74) is -0.606. The predicted octanol–water partition coefficient (Wildman–Crippen LogP) is 3.19. The summed E-state index contributed by atoms with van der Waals surface area (Å²) >= 11 is 0. The first-order valence-electron chi connectivity index (χ1n) is 10.6. The van der Waals surface area contributed by atoms with E-state index in [-0.39, 0.29) is 35.6 Å². The Bertz CT molecular complexity index is 697. The van der Waals surface area contributed by atoms with Crippen molar-refractivity contribution in [3.05, 3.63) is 35.4 Å². The maximum Gasteiger partial charge on any atom is 0.416 e. The van der Waals surface area contributed by atoms with Crippen LogP contribution in [-0.2, 0) is 15.7 Å². The van der Waals surface area contributed by atoms with Gasteiger partial charge in [0.05, 0.1) is 18.3 Å². The van der Waals surface area contributed by atoms with Crippen LogP contribution in [0.15, 0.2) is 29.3 Å². The number of carbonyl (C=O) groups excluding carboxylic acids is 1. The first-order chi connectivity index (χ1) is 14.9. The lowest BCUT2D eigenvalue weighted by atomic mass is 10.1. The van der Waals surface area contributed by atoms with Gasteiger partial charge in [0.1, 0.15) is 0 Å². The highest BCUT2D eigenvalue weighted by molar-refractivity contribution is 14.0. The summed E-state index contributed by atoms with van der Waals surface area (Å²) in [4.78, 5) is 16.5. The van der Waals surface area contributed by atoms with Crippen molar-refractivity contribution in [3.8, 4) is 0 Å². The van der Waals surface area contributed by atoms with Gasteiger partial charge in [0.25, 0.3) is 5.91 Å². The molecular weight excluding hydrogens is 540 g/mol. The minimum atomic E-state index is -4.42. The molecule has 0 bridgehead atoms. The summed E-state index contributed by atoms with van der Waals surface area (Å²) in [7, 11) is 0. The number of ether oxygens (including phenoxy) is 2. The molecule has 1 aromatic carbocycles. The number of carbonyl (C=O) groups is 1. The van der Waals surface area contributed by atoms with Gasteiger partial charge in [-0.1, -0.05) is 0 Å². The van der Waals surface area contributed by atoms with E-state index in [0.29, 0.717) is 45.4 Å². The number of alkyl halides is 3. The number of guanidine groups is 1. The molecule has 1 heterocycles. The van der Waals surface area contributed by atoms with Crippen LogP contribution >= 0.6 is 24.0 Å². The van der Waals surface area contributed by atoms with Gasteiger partial charge in [0.2, 0.25) is 0 Å². The average molecular weight is 572 g/mol. The van der Waals surface area contributed by atoms with Gasteiger partial charge in [0.15, 0.2) is 5.96 Å². The molecule has 1 aliphatic rings. The van der Waals surface area contributed by atoms with E-state index in [0.717, 1.165) is 50.1 Å². The molecule has 32 heavy (non-hydrogen) atoms. The third-order valence-electron chi connectivity index (χ3n) is 4.57. The van der Waals surface area contributed by atoms with Crippen LogP contribution in [-0.4, -0.2) is 64.0 Å². The fourth-order valence-electron chi connectivity index (χ4n) is 2.96. The number of hydrogen-bond donors (Lipinski definition) is 3. The number of halogens is 4. The minimum Gasteiger partial charge on any atom is -0.379 e. The van der Waals surface area contributed by atoms with Crippen LogP contribution in [0.25, 0.3) is 0 Å². The largest absolute Gasteiger partial charge is 0.416 e. The summed E-state index contributed by atoms with van der Waals surface area (Å²) in [5.74, 6) is 0.200. The highest BCUT2D eigenvalue weighted by atomic mass is 127. The van der Waals surface area contributed by atoms with E-state index in [4.69, 9.17) is 9.47 Å². The van der Waals surface area contributed by atoms with E-state index in [1.54, 1.807) is 0 Å². The topological polar surface area (TPSA) is 84.0 Å². The monoisotopic (exact) mass is 572 g/mol. The van der Waals surface area contributed by atoms with Crippen molar-refractivity contribution in [1.29, 1.82) is 0 Å². The van der Waals surface area contributed by atoms with Gasteiger partial charge in [-0.25, -0.2) is 0 Å². The molecule has 1 fully saturated rings. The highest BCUT2D eigenvalue weighted by Gasteiger charge is 2.30. The Morgan fingerprint density at radius 1 is 1.19 bits per heavy atom. The lowest BCUT2D eigenvalue weighted by molar-refractivity contribution is -0.137. The van der Waals surface area contributed by atoms with E-state index >= 15 is 0 Å². The molecule has 11 heteroatoms. The van der Waals surface area contributed by atoms with Crippen molar-refractivity contribution >= 4 is 35.8 Å². The van der Waals surface area contributed by atoms with Crippen LogP contribution in [0.1, 0.15) is 42.1 Å². The normalized spacial score (nSPS) is 16.4. The number of aliphatic imine (C=N–C) groups is 1. The van der Waals surface area contributed by atoms with Crippen molar-refractivity contribution in [1.82, 2.24) is 16.0 Å². The standard InChI is InChI=1S/C21H31F3N4O3.HI/c1-2-25-20(27-10-4-13-30-15-18-5-3-14-31-18)28-12-11-26-19(29)16-6-8-17(9-7-16)21(22,23)24;/h6-9,18H,2-5,10-15H2,1H3,(H,26,29)(H2,25,27,28);1H. The quantitative estimate of drug-likeness (QED) is 0.164. The minimum absolute atomic E-state index is 0. The summed E-state index contributed by atoms with van der Waals surface area (Å²) in [5, 5.41) is 8.89. The molecule has 7 nitrogen and oxygen atoms in total. The van der Waals surface area contributed by atoms with E-state index < -0.39 is 17.6 Å². The van der Waals surface area contributed by atoms with Crippen LogP contribution < -0.4 is 16.0 Å². The number of nitrogens with one attached hydrogen (secondary N) is 3. The lowest BCUT2D eigenvalue weighted by Crippen LogP contribution is -2.41. The summed E-state index contributed by atoms with van der Waals surface area (Å²) in [6.07, 6.45) is -1.26. The van der Waals surface area contributed by atoms with Crippen LogP contribution in [0.3, 0.4) is 0 Å². The van der Waals surface area contributed by atoms with E-state index in [9.17, 15) is 18.0 Å².